The largest absolute Gasteiger partial charge is 0.381 e. The van der Waals surface area contributed by atoms with Crippen molar-refractivity contribution in [3.8, 4) is 0 Å². The SMILES string of the molecule is CCC[C@@H](N)CC1CCCOCC1. The van der Waals surface area contributed by atoms with Gasteiger partial charge in [0, 0.05) is 19.3 Å². The van der Waals surface area contributed by atoms with Crippen molar-refractivity contribution in [1.82, 2.24) is 0 Å². The molecule has 2 nitrogen and oxygen atoms in total. The highest BCUT2D eigenvalue weighted by molar-refractivity contribution is 4.70. The van der Waals surface area contributed by atoms with Crippen molar-refractivity contribution in [1.29, 1.82) is 0 Å². The van der Waals surface area contributed by atoms with Gasteiger partial charge < -0.3 is 10.5 Å². The van der Waals surface area contributed by atoms with Gasteiger partial charge in [-0.2, -0.15) is 0 Å². The Bertz CT molecular complexity index is 119. The van der Waals surface area contributed by atoms with Gasteiger partial charge in [0.1, 0.15) is 0 Å². The molecule has 1 heterocycles. The third-order valence-electron chi connectivity index (χ3n) is 2.87. The van der Waals surface area contributed by atoms with Crippen LogP contribution in [0.3, 0.4) is 0 Å². The van der Waals surface area contributed by atoms with E-state index in [1.54, 1.807) is 0 Å². The van der Waals surface area contributed by atoms with Crippen LogP contribution in [-0.4, -0.2) is 19.3 Å². The molecule has 0 radical (unpaired) electrons. The molecule has 0 spiro atoms. The lowest BCUT2D eigenvalue weighted by molar-refractivity contribution is 0.140. The molecular weight excluding hydrogens is 162 g/mol. The van der Waals surface area contributed by atoms with Gasteiger partial charge in [-0.05, 0) is 38.0 Å². The molecule has 1 fully saturated rings. The fraction of sp³-hybridized carbons (Fsp3) is 1.00. The molecule has 0 amide bonds. The maximum Gasteiger partial charge on any atom is 0.0468 e. The smallest absolute Gasteiger partial charge is 0.0468 e. The van der Waals surface area contributed by atoms with E-state index >= 15 is 0 Å². The van der Waals surface area contributed by atoms with Crippen LogP contribution in [-0.2, 0) is 4.74 Å². The fourth-order valence-corrected chi connectivity index (χ4v) is 2.12. The first-order valence-corrected chi connectivity index (χ1v) is 5.66. The lowest BCUT2D eigenvalue weighted by Crippen LogP contribution is -2.23. The Hall–Kier alpha value is -0.0800. The number of ether oxygens (including phenoxy) is 1. The minimum Gasteiger partial charge on any atom is -0.381 e. The highest BCUT2D eigenvalue weighted by Gasteiger charge is 2.15. The Labute approximate surface area is 81.8 Å². The van der Waals surface area contributed by atoms with Crippen LogP contribution in [0, 0.1) is 5.92 Å². The summed E-state index contributed by atoms with van der Waals surface area (Å²) >= 11 is 0. The standard InChI is InChI=1S/C11H23NO/c1-2-4-11(12)9-10-5-3-7-13-8-6-10/h10-11H,2-9,12H2,1H3/t10?,11-/m1/s1. The van der Waals surface area contributed by atoms with Gasteiger partial charge in [-0.3, -0.25) is 0 Å². The molecular formula is C11H23NO. The average molecular weight is 185 g/mol. The summed E-state index contributed by atoms with van der Waals surface area (Å²) in [5.41, 5.74) is 6.03. The van der Waals surface area contributed by atoms with Crippen molar-refractivity contribution in [2.24, 2.45) is 11.7 Å². The Balaban J connectivity index is 2.17. The van der Waals surface area contributed by atoms with Crippen molar-refractivity contribution < 1.29 is 4.74 Å². The summed E-state index contributed by atoms with van der Waals surface area (Å²) in [6.45, 7) is 4.11. The topological polar surface area (TPSA) is 35.2 Å². The van der Waals surface area contributed by atoms with Crippen LogP contribution in [0.25, 0.3) is 0 Å². The van der Waals surface area contributed by atoms with Crippen LogP contribution in [0.5, 0.6) is 0 Å². The third kappa shape index (κ3) is 4.63. The van der Waals surface area contributed by atoms with Crippen LogP contribution in [0.1, 0.15) is 45.4 Å². The predicted octanol–water partition coefficient (Wildman–Crippen LogP) is 2.32. The average Bonchev–Trinajstić information content (AvgIpc) is 2.33. The molecule has 2 heteroatoms. The molecule has 2 atom stereocenters. The predicted molar refractivity (Wildman–Crippen MR) is 55.7 cm³/mol. The van der Waals surface area contributed by atoms with Gasteiger partial charge in [0.25, 0.3) is 0 Å². The van der Waals surface area contributed by atoms with E-state index in [0.29, 0.717) is 6.04 Å². The van der Waals surface area contributed by atoms with Gasteiger partial charge in [-0.1, -0.05) is 13.3 Å². The molecule has 1 aliphatic heterocycles. The molecule has 1 saturated heterocycles. The second-order valence-electron chi connectivity index (χ2n) is 4.19. The summed E-state index contributed by atoms with van der Waals surface area (Å²) in [6, 6.07) is 0.424. The lowest BCUT2D eigenvalue weighted by atomic mass is 9.92. The number of hydrogen-bond donors (Lipinski definition) is 1. The Morgan fingerprint density at radius 3 is 3.00 bits per heavy atom. The van der Waals surface area contributed by atoms with Gasteiger partial charge in [0.15, 0.2) is 0 Å². The van der Waals surface area contributed by atoms with Gasteiger partial charge >= 0.3 is 0 Å². The van der Waals surface area contributed by atoms with Crippen LogP contribution < -0.4 is 5.73 Å². The van der Waals surface area contributed by atoms with Gasteiger partial charge in [0.05, 0.1) is 0 Å². The molecule has 1 rings (SSSR count). The maximum absolute atomic E-state index is 6.03. The molecule has 13 heavy (non-hydrogen) atoms. The van der Waals surface area contributed by atoms with E-state index in [-0.39, 0.29) is 0 Å². The van der Waals surface area contributed by atoms with Gasteiger partial charge in [-0.15, -0.1) is 0 Å². The zero-order valence-corrected chi connectivity index (χ0v) is 8.80. The zero-order valence-electron chi connectivity index (χ0n) is 8.80. The highest BCUT2D eigenvalue weighted by Crippen LogP contribution is 2.21. The van der Waals surface area contributed by atoms with Crippen LogP contribution >= 0.6 is 0 Å². The second kappa shape index (κ2) is 6.39. The fourth-order valence-electron chi connectivity index (χ4n) is 2.12. The van der Waals surface area contributed by atoms with Crippen molar-refractivity contribution in [2.75, 3.05) is 13.2 Å². The highest BCUT2D eigenvalue weighted by atomic mass is 16.5. The molecule has 2 N–H and O–H groups in total. The lowest BCUT2D eigenvalue weighted by Gasteiger charge is -2.18. The van der Waals surface area contributed by atoms with Crippen LogP contribution in [0.4, 0.5) is 0 Å². The van der Waals surface area contributed by atoms with Gasteiger partial charge in [-0.25, -0.2) is 0 Å². The van der Waals surface area contributed by atoms with E-state index < -0.39 is 0 Å². The van der Waals surface area contributed by atoms with Crippen LogP contribution in [0.2, 0.25) is 0 Å². The minimum atomic E-state index is 0.424. The van der Waals surface area contributed by atoms with Crippen LogP contribution in [0.15, 0.2) is 0 Å². The Morgan fingerprint density at radius 1 is 1.38 bits per heavy atom. The van der Waals surface area contributed by atoms with E-state index in [1.807, 2.05) is 0 Å². The number of hydrogen-bond acceptors (Lipinski definition) is 2. The number of nitrogens with two attached hydrogens (primary N) is 1. The molecule has 0 saturated carbocycles. The normalized spacial score (nSPS) is 26.8. The van der Waals surface area contributed by atoms with E-state index in [2.05, 4.69) is 6.92 Å². The summed E-state index contributed by atoms with van der Waals surface area (Å²) in [5, 5.41) is 0. The number of rotatable bonds is 4. The summed E-state index contributed by atoms with van der Waals surface area (Å²) in [7, 11) is 0. The molecule has 0 aromatic heterocycles. The Morgan fingerprint density at radius 2 is 2.23 bits per heavy atom. The molecule has 1 unspecified atom stereocenters. The van der Waals surface area contributed by atoms with E-state index in [4.69, 9.17) is 10.5 Å². The molecule has 0 bridgehead atoms. The first-order valence-electron chi connectivity index (χ1n) is 5.66. The molecule has 0 aromatic rings. The monoisotopic (exact) mass is 185 g/mol. The van der Waals surface area contributed by atoms with E-state index in [9.17, 15) is 0 Å². The van der Waals surface area contributed by atoms with Crippen molar-refractivity contribution in [3.05, 3.63) is 0 Å². The third-order valence-corrected chi connectivity index (χ3v) is 2.87. The first kappa shape index (κ1) is 11.0. The van der Waals surface area contributed by atoms with Crippen molar-refractivity contribution in [3.63, 3.8) is 0 Å². The van der Waals surface area contributed by atoms with Crippen molar-refractivity contribution >= 4 is 0 Å². The van der Waals surface area contributed by atoms with Gasteiger partial charge in [0.2, 0.25) is 0 Å². The first-order chi connectivity index (χ1) is 6.33. The summed E-state index contributed by atoms with van der Waals surface area (Å²) in [4.78, 5) is 0. The molecule has 1 aliphatic rings. The van der Waals surface area contributed by atoms with E-state index in [1.165, 1.54) is 38.5 Å². The Kier molecular flexibility index (Phi) is 5.40. The second-order valence-corrected chi connectivity index (χ2v) is 4.19. The summed E-state index contributed by atoms with van der Waals surface area (Å²) in [6.07, 6.45) is 7.36. The zero-order chi connectivity index (χ0) is 9.52. The van der Waals surface area contributed by atoms with Crippen molar-refractivity contribution in [2.45, 2.75) is 51.5 Å². The maximum atomic E-state index is 6.03. The summed E-state index contributed by atoms with van der Waals surface area (Å²) < 4.78 is 5.43. The quantitative estimate of drug-likeness (QED) is 0.729. The molecule has 0 aromatic carbocycles. The molecule has 0 aliphatic carbocycles. The summed E-state index contributed by atoms with van der Waals surface area (Å²) in [5.74, 6) is 0.823. The molecule has 78 valence electrons. The minimum absolute atomic E-state index is 0.424. The van der Waals surface area contributed by atoms with E-state index in [0.717, 1.165) is 19.1 Å².